The van der Waals surface area contributed by atoms with Gasteiger partial charge in [0.1, 0.15) is 6.10 Å². The van der Waals surface area contributed by atoms with Crippen LogP contribution >= 0.6 is 11.8 Å². The minimum atomic E-state index is -0.0103. The summed E-state index contributed by atoms with van der Waals surface area (Å²) in [5.41, 5.74) is 5.03. The summed E-state index contributed by atoms with van der Waals surface area (Å²) >= 11 is 1.83. The van der Waals surface area contributed by atoms with Gasteiger partial charge in [0, 0.05) is 22.5 Å². The van der Waals surface area contributed by atoms with Crippen molar-refractivity contribution in [3.05, 3.63) is 83.9 Å². The number of hydrogen-bond acceptors (Lipinski definition) is 2. The quantitative estimate of drug-likeness (QED) is 0.613. The van der Waals surface area contributed by atoms with Crippen LogP contribution in [0.25, 0.3) is 11.1 Å². The Kier molecular flexibility index (Phi) is 3.49. The maximum atomic E-state index is 5.89. The molecule has 4 rings (SSSR count). The standard InChI is InChI=1S/C20H16OS/c1-21-20-16-10-5-6-12-17(16)22-18-13-7-11-15(19(18)20)14-8-3-2-4-9-14/h2-13,20H,1H3. The Morgan fingerprint density at radius 3 is 2.32 bits per heavy atom. The largest absolute Gasteiger partial charge is 0.372 e. The molecule has 1 heterocycles. The van der Waals surface area contributed by atoms with E-state index in [-0.39, 0.29) is 6.10 Å². The average Bonchev–Trinajstić information content (AvgIpc) is 2.60. The summed E-state index contributed by atoms with van der Waals surface area (Å²) in [4.78, 5) is 2.57. The molecule has 2 heteroatoms. The van der Waals surface area contributed by atoms with Crippen molar-refractivity contribution >= 4 is 11.8 Å². The van der Waals surface area contributed by atoms with Crippen LogP contribution in [0, 0.1) is 0 Å². The van der Waals surface area contributed by atoms with Gasteiger partial charge in [-0.1, -0.05) is 72.4 Å². The number of fused-ring (bicyclic) bond motifs is 2. The molecule has 0 bridgehead atoms. The van der Waals surface area contributed by atoms with Crippen LogP contribution in [0.5, 0.6) is 0 Å². The van der Waals surface area contributed by atoms with Gasteiger partial charge < -0.3 is 4.74 Å². The molecule has 0 aliphatic carbocycles. The molecule has 0 spiro atoms. The van der Waals surface area contributed by atoms with Crippen LogP contribution in [0.2, 0.25) is 0 Å². The highest BCUT2D eigenvalue weighted by atomic mass is 32.2. The lowest BCUT2D eigenvalue weighted by atomic mass is 9.92. The van der Waals surface area contributed by atoms with E-state index < -0.39 is 0 Å². The molecule has 0 saturated heterocycles. The van der Waals surface area contributed by atoms with Crippen LogP contribution in [0.1, 0.15) is 17.2 Å². The summed E-state index contributed by atoms with van der Waals surface area (Å²) in [6.45, 7) is 0. The molecule has 0 saturated carbocycles. The first-order valence-electron chi connectivity index (χ1n) is 7.36. The molecule has 3 aromatic rings. The van der Waals surface area contributed by atoms with Gasteiger partial charge in [0.25, 0.3) is 0 Å². The van der Waals surface area contributed by atoms with E-state index in [0.29, 0.717) is 0 Å². The molecule has 1 atom stereocenters. The number of ether oxygens (including phenoxy) is 1. The Labute approximate surface area is 135 Å². The highest BCUT2D eigenvalue weighted by Gasteiger charge is 2.28. The molecule has 0 aromatic heterocycles. The van der Waals surface area contributed by atoms with Crippen molar-refractivity contribution in [1.82, 2.24) is 0 Å². The van der Waals surface area contributed by atoms with Crippen molar-refractivity contribution in [2.45, 2.75) is 15.9 Å². The minimum absolute atomic E-state index is 0.0103. The van der Waals surface area contributed by atoms with Crippen molar-refractivity contribution < 1.29 is 4.74 Å². The first-order chi connectivity index (χ1) is 10.9. The lowest BCUT2D eigenvalue weighted by molar-refractivity contribution is 0.132. The average molecular weight is 304 g/mol. The van der Waals surface area contributed by atoms with Crippen LogP contribution in [0.15, 0.2) is 82.6 Å². The molecule has 1 aliphatic rings. The lowest BCUT2D eigenvalue weighted by Gasteiger charge is -2.29. The number of hydrogen-bond donors (Lipinski definition) is 0. The Hall–Kier alpha value is -2.03. The van der Waals surface area contributed by atoms with E-state index in [0.717, 1.165) is 0 Å². The van der Waals surface area contributed by atoms with Crippen molar-refractivity contribution in [3.8, 4) is 11.1 Å². The summed E-state index contributed by atoms with van der Waals surface area (Å²) < 4.78 is 5.89. The number of methoxy groups -OCH3 is 1. The molecule has 0 fully saturated rings. The van der Waals surface area contributed by atoms with Crippen LogP contribution in [0.4, 0.5) is 0 Å². The summed E-state index contributed by atoms with van der Waals surface area (Å²) in [5, 5.41) is 0. The molecule has 22 heavy (non-hydrogen) atoms. The fourth-order valence-corrected chi connectivity index (χ4v) is 4.23. The molecular formula is C20H16OS. The van der Waals surface area contributed by atoms with Gasteiger partial charge in [-0.15, -0.1) is 0 Å². The summed E-state index contributed by atoms with van der Waals surface area (Å²) in [6, 6.07) is 25.6. The Morgan fingerprint density at radius 2 is 1.50 bits per heavy atom. The normalized spacial score (nSPS) is 16.0. The SMILES string of the molecule is COC1c2ccccc2Sc2cccc(-c3ccccc3)c21. The Bertz CT molecular complexity index is 811. The highest BCUT2D eigenvalue weighted by Crippen LogP contribution is 2.49. The van der Waals surface area contributed by atoms with Gasteiger partial charge >= 0.3 is 0 Å². The predicted octanol–water partition coefficient (Wildman–Crippen LogP) is 5.55. The third-order valence-corrected chi connectivity index (χ3v) is 5.24. The first kappa shape index (κ1) is 13.6. The van der Waals surface area contributed by atoms with E-state index in [9.17, 15) is 0 Å². The highest BCUT2D eigenvalue weighted by molar-refractivity contribution is 7.99. The van der Waals surface area contributed by atoms with E-state index in [2.05, 4.69) is 72.8 Å². The van der Waals surface area contributed by atoms with E-state index in [1.54, 1.807) is 7.11 Å². The molecule has 3 aromatic carbocycles. The van der Waals surface area contributed by atoms with Crippen molar-refractivity contribution in [1.29, 1.82) is 0 Å². The molecule has 108 valence electrons. The number of rotatable bonds is 2. The molecule has 1 aliphatic heterocycles. The summed E-state index contributed by atoms with van der Waals surface area (Å²) in [6.07, 6.45) is -0.0103. The second-order valence-corrected chi connectivity index (χ2v) is 6.42. The molecule has 0 radical (unpaired) electrons. The first-order valence-corrected chi connectivity index (χ1v) is 8.18. The van der Waals surface area contributed by atoms with Gasteiger partial charge in [-0.3, -0.25) is 0 Å². The van der Waals surface area contributed by atoms with Gasteiger partial charge in [-0.2, -0.15) is 0 Å². The zero-order chi connectivity index (χ0) is 14.9. The zero-order valence-electron chi connectivity index (χ0n) is 12.3. The molecule has 0 N–H and O–H groups in total. The molecule has 1 nitrogen and oxygen atoms in total. The van der Waals surface area contributed by atoms with Crippen LogP contribution < -0.4 is 0 Å². The molecule has 0 amide bonds. The minimum Gasteiger partial charge on any atom is -0.372 e. The summed E-state index contributed by atoms with van der Waals surface area (Å²) in [7, 11) is 1.79. The fourth-order valence-electron chi connectivity index (χ4n) is 3.08. The maximum Gasteiger partial charge on any atom is 0.110 e. The van der Waals surface area contributed by atoms with Crippen LogP contribution in [0.3, 0.4) is 0 Å². The Morgan fingerprint density at radius 1 is 0.773 bits per heavy atom. The van der Waals surface area contributed by atoms with Gasteiger partial charge in [-0.05, 0) is 28.8 Å². The van der Waals surface area contributed by atoms with E-state index in [1.807, 2.05) is 11.8 Å². The van der Waals surface area contributed by atoms with E-state index in [4.69, 9.17) is 4.74 Å². The third-order valence-electron chi connectivity index (χ3n) is 4.07. The lowest BCUT2D eigenvalue weighted by Crippen LogP contribution is -2.11. The van der Waals surface area contributed by atoms with Gasteiger partial charge in [0.15, 0.2) is 0 Å². The van der Waals surface area contributed by atoms with Crippen molar-refractivity contribution in [2.75, 3.05) is 7.11 Å². The zero-order valence-corrected chi connectivity index (χ0v) is 13.1. The second kappa shape index (κ2) is 5.64. The smallest absolute Gasteiger partial charge is 0.110 e. The Balaban J connectivity index is 1.94. The maximum absolute atomic E-state index is 5.89. The molecular weight excluding hydrogens is 288 g/mol. The fraction of sp³-hybridized carbons (Fsp3) is 0.100. The van der Waals surface area contributed by atoms with E-state index in [1.165, 1.54) is 32.0 Å². The summed E-state index contributed by atoms with van der Waals surface area (Å²) in [5.74, 6) is 0. The third kappa shape index (κ3) is 2.16. The predicted molar refractivity (Wildman–Crippen MR) is 91.3 cm³/mol. The van der Waals surface area contributed by atoms with Crippen LogP contribution in [-0.2, 0) is 4.74 Å². The van der Waals surface area contributed by atoms with Gasteiger partial charge in [0.2, 0.25) is 0 Å². The number of benzene rings is 3. The van der Waals surface area contributed by atoms with E-state index >= 15 is 0 Å². The van der Waals surface area contributed by atoms with Gasteiger partial charge in [0.05, 0.1) is 0 Å². The van der Waals surface area contributed by atoms with Gasteiger partial charge in [-0.25, -0.2) is 0 Å². The van der Waals surface area contributed by atoms with Crippen molar-refractivity contribution in [3.63, 3.8) is 0 Å². The second-order valence-electron chi connectivity index (χ2n) is 5.34. The van der Waals surface area contributed by atoms with Crippen molar-refractivity contribution in [2.24, 2.45) is 0 Å². The molecule has 1 unspecified atom stereocenters. The topological polar surface area (TPSA) is 9.23 Å². The monoisotopic (exact) mass is 304 g/mol. The van der Waals surface area contributed by atoms with Crippen LogP contribution in [-0.4, -0.2) is 7.11 Å².